The number of rotatable bonds is 7. The lowest BCUT2D eigenvalue weighted by molar-refractivity contribution is -0.385. The van der Waals surface area contributed by atoms with Crippen molar-refractivity contribution in [3.8, 4) is 0 Å². The lowest BCUT2D eigenvalue weighted by atomic mass is 10.1. The van der Waals surface area contributed by atoms with E-state index in [2.05, 4.69) is 0 Å². The van der Waals surface area contributed by atoms with Gasteiger partial charge < -0.3 is 10.0 Å². The third-order valence-electron chi connectivity index (χ3n) is 2.84. The molecule has 0 aliphatic carbocycles. The van der Waals surface area contributed by atoms with Crippen LogP contribution in [-0.4, -0.2) is 40.5 Å². The molecule has 1 rings (SSSR count). The number of nitro benzene ring substituents is 1. The van der Waals surface area contributed by atoms with Crippen LogP contribution in [-0.2, 0) is 0 Å². The van der Waals surface area contributed by atoms with Gasteiger partial charge in [-0.2, -0.15) is 0 Å². The van der Waals surface area contributed by atoms with Gasteiger partial charge in [0.1, 0.15) is 10.6 Å². The molecule has 0 heterocycles. The number of para-hydroxylation sites is 1. The molecule has 6 nitrogen and oxygen atoms in total. The summed E-state index contributed by atoms with van der Waals surface area (Å²) in [7, 11) is 0. The van der Waals surface area contributed by atoms with Crippen molar-refractivity contribution in [1.29, 1.82) is 0 Å². The highest BCUT2D eigenvalue weighted by Gasteiger charge is 2.26. The van der Waals surface area contributed by atoms with Crippen molar-refractivity contribution in [1.82, 2.24) is 4.90 Å². The number of amides is 1. The smallest absolute Gasteiger partial charge is 0.300 e. The molecule has 0 spiro atoms. The molecule has 20 heavy (non-hydrogen) atoms. The SMILES string of the molecule is CCCCN(CCO)C(=O)c1cccc(Cl)c1[N+](=O)[O-]. The van der Waals surface area contributed by atoms with E-state index in [1.807, 2.05) is 6.92 Å². The summed E-state index contributed by atoms with van der Waals surface area (Å²) in [5, 5.41) is 20.0. The molecule has 1 N–H and O–H groups in total. The summed E-state index contributed by atoms with van der Waals surface area (Å²) >= 11 is 5.79. The number of halogens is 1. The highest BCUT2D eigenvalue weighted by Crippen LogP contribution is 2.29. The summed E-state index contributed by atoms with van der Waals surface area (Å²) in [6.45, 7) is 2.37. The van der Waals surface area contributed by atoms with E-state index < -0.39 is 16.5 Å². The molecule has 7 heteroatoms. The lowest BCUT2D eigenvalue weighted by Crippen LogP contribution is -2.34. The number of benzene rings is 1. The Labute approximate surface area is 122 Å². The maximum atomic E-state index is 12.4. The van der Waals surface area contributed by atoms with Crippen molar-refractivity contribution in [2.75, 3.05) is 19.7 Å². The van der Waals surface area contributed by atoms with Gasteiger partial charge in [0, 0.05) is 13.1 Å². The molecule has 0 aromatic heterocycles. The van der Waals surface area contributed by atoms with Crippen molar-refractivity contribution in [3.63, 3.8) is 0 Å². The minimum atomic E-state index is -0.660. The number of hydrogen-bond acceptors (Lipinski definition) is 4. The third-order valence-corrected chi connectivity index (χ3v) is 3.14. The predicted molar refractivity (Wildman–Crippen MR) is 76.0 cm³/mol. The van der Waals surface area contributed by atoms with Gasteiger partial charge in [0.05, 0.1) is 11.5 Å². The molecule has 0 aliphatic rings. The van der Waals surface area contributed by atoms with Gasteiger partial charge in [-0.05, 0) is 18.6 Å². The van der Waals surface area contributed by atoms with E-state index >= 15 is 0 Å². The first-order valence-corrected chi connectivity index (χ1v) is 6.73. The average Bonchev–Trinajstić information content (AvgIpc) is 2.42. The zero-order valence-electron chi connectivity index (χ0n) is 11.2. The first-order valence-electron chi connectivity index (χ1n) is 6.36. The number of carbonyl (C=O) groups is 1. The Hall–Kier alpha value is -1.66. The minimum absolute atomic E-state index is 0.0490. The van der Waals surface area contributed by atoms with Crippen LogP contribution < -0.4 is 0 Å². The van der Waals surface area contributed by atoms with Crippen molar-refractivity contribution < 1.29 is 14.8 Å². The number of hydrogen-bond donors (Lipinski definition) is 1. The van der Waals surface area contributed by atoms with Crippen LogP contribution >= 0.6 is 11.6 Å². The molecule has 0 unspecified atom stereocenters. The average molecular weight is 301 g/mol. The Balaban J connectivity index is 3.11. The van der Waals surface area contributed by atoms with E-state index in [4.69, 9.17) is 16.7 Å². The number of aliphatic hydroxyl groups excluding tert-OH is 1. The Morgan fingerprint density at radius 1 is 1.45 bits per heavy atom. The van der Waals surface area contributed by atoms with Crippen LogP contribution in [0.2, 0.25) is 5.02 Å². The number of nitrogens with zero attached hydrogens (tertiary/aromatic N) is 2. The van der Waals surface area contributed by atoms with E-state index in [0.717, 1.165) is 12.8 Å². The van der Waals surface area contributed by atoms with Gasteiger partial charge in [0.2, 0.25) is 0 Å². The summed E-state index contributed by atoms with van der Waals surface area (Å²) in [6, 6.07) is 4.25. The molecule has 0 aliphatic heterocycles. The van der Waals surface area contributed by atoms with Crippen LogP contribution in [0.25, 0.3) is 0 Å². The maximum absolute atomic E-state index is 12.4. The number of aliphatic hydroxyl groups is 1. The van der Waals surface area contributed by atoms with E-state index in [-0.39, 0.29) is 23.7 Å². The van der Waals surface area contributed by atoms with Gasteiger partial charge in [-0.15, -0.1) is 0 Å². The van der Waals surface area contributed by atoms with Gasteiger partial charge >= 0.3 is 5.69 Å². The van der Waals surface area contributed by atoms with Crippen LogP contribution in [0.1, 0.15) is 30.1 Å². The van der Waals surface area contributed by atoms with Gasteiger partial charge in [0.25, 0.3) is 5.91 Å². The van der Waals surface area contributed by atoms with E-state index in [0.29, 0.717) is 6.54 Å². The number of unbranched alkanes of at least 4 members (excludes halogenated alkanes) is 1. The predicted octanol–water partition coefficient (Wildman–Crippen LogP) is 2.48. The van der Waals surface area contributed by atoms with Crippen LogP contribution in [0.4, 0.5) is 5.69 Å². The zero-order valence-corrected chi connectivity index (χ0v) is 12.0. The summed E-state index contributed by atoms with van der Waals surface area (Å²) in [6.07, 6.45) is 1.65. The molecule has 0 atom stereocenters. The monoisotopic (exact) mass is 300 g/mol. The molecule has 0 saturated heterocycles. The maximum Gasteiger partial charge on any atom is 0.300 e. The molecule has 0 radical (unpaired) electrons. The summed E-state index contributed by atoms with van der Waals surface area (Å²) in [5.41, 5.74) is -0.439. The van der Waals surface area contributed by atoms with Gasteiger partial charge in [-0.3, -0.25) is 14.9 Å². The lowest BCUT2D eigenvalue weighted by Gasteiger charge is -2.21. The molecular formula is C13H17ClN2O4. The minimum Gasteiger partial charge on any atom is -0.395 e. The first kappa shape index (κ1) is 16.4. The summed E-state index contributed by atoms with van der Waals surface area (Å²) in [5.74, 6) is -0.485. The van der Waals surface area contributed by atoms with Crippen LogP contribution in [0, 0.1) is 10.1 Å². The second-order valence-corrected chi connectivity index (χ2v) is 4.67. The first-order chi connectivity index (χ1) is 9.52. The van der Waals surface area contributed by atoms with Crippen molar-refractivity contribution >= 4 is 23.2 Å². The van der Waals surface area contributed by atoms with Crippen LogP contribution in [0.15, 0.2) is 18.2 Å². The molecular weight excluding hydrogens is 284 g/mol. The molecule has 110 valence electrons. The molecule has 1 aromatic carbocycles. The fourth-order valence-corrected chi connectivity index (χ4v) is 2.07. The van der Waals surface area contributed by atoms with Gasteiger partial charge in [0.15, 0.2) is 0 Å². The molecule has 0 bridgehead atoms. The topological polar surface area (TPSA) is 83.7 Å². The summed E-state index contributed by atoms with van der Waals surface area (Å²) in [4.78, 5) is 24.2. The second kappa shape index (κ2) is 7.81. The molecule has 0 saturated carbocycles. The Kier molecular flexibility index (Phi) is 6.41. The third kappa shape index (κ3) is 3.91. The van der Waals surface area contributed by atoms with E-state index in [9.17, 15) is 14.9 Å². The fourth-order valence-electron chi connectivity index (χ4n) is 1.83. The second-order valence-electron chi connectivity index (χ2n) is 4.26. The Morgan fingerprint density at radius 3 is 2.70 bits per heavy atom. The zero-order chi connectivity index (χ0) is 15.1. The standard InChI is InChI=1S/C13H17ClN2O4/c1-2-3-7-15(8-9-17)13(18)10-5-4-6-11(14)12(10)16(19)20/h4-6,17H,2-3,7-9H2,1H3. The quantitative estimate of drug-likeness (QED) is 0.619. The van der Waals surface area contributed by atoms with Crippen molar-refractivity contribution in [3.05, 3.63) is 38.9 Å². The molecule has 1 amide bonds. The van der Waals surface area contributed by atoms with E-state index in [1.165, 1.54) is 23.1 Å². The number of carbonyl (C=O) groups excluding carboxylic acids is 1. The Bertz CT molecular complexity index is 493. The van der Waals surface area contributed by atoms with Crippen LogP contribution in [0.5, 0.6) is 0 Å². The van der Waals surface area contributed by atoms with Gasteiger partial charge in [-0.25, -0.2) is 0 Å². The van der Waals surface area contributed by atoms with Crippen LogP contribution in [0.3, 0.4) is 0 Å². The Morgan fingerprint density at radius 2 is 2.15 bits per heavy atom. The highest BCUT2D eigenvalue weighted by atomic mass is 35.5. The summed E-state index contributed by atoms with van der Waals surface area (Å²) < 4.78 is 0. The van der Waals surface area contributed by atoms with E-state index in [1.54, 1.807) is 0 Å². The molecule has 0 fully saturated rings. The van der Waals surface area contributed by atoms with Gasteiger partial charge in [-0.1, -0.05) is 31.0 Å². The highest BCUT2D eigenvalue weighted by molar-refractivity contribution is 6.33. The van der Waals surface area contributed by atoms with Crippen molar-refractivity contribution in [2.24, 2.45) is 0 Å². The normalized spacial score (nSPS) is 10.3. The number of nitro groups is 1. The largest absolute Gasteiger partial charge is 0.395 e. The fraction of sp³-hybridized carbons (Fsp3) is 0.462. The molecule has 1 aromatic rings. The van der Waals surface area contributed by atoms with Crippen molar-refractivity contribution in [2.45, 2.75) is 19.8 Å².